The molecule has 0 saturated carbocycles. The van der Waals surface area contributed by atoms with Crippen molar-refractivity contribution in [1.82, 2.24) is 0 Å². The first-order chi connectivity index (χ1) is 6.87. The van der Waals surface area contributed by atoms with Crippen molar-refractivity contribution in [2.24, 2.45) is 5.73 Å². The molecule has 0 radical (unpaired) electrons. The Hall–Kier alpha value is -0.730. The van der Waals surface area contributed by atoms with Crippen LogP contribution in [0.5, 0.6) is 5.75 Å². The van der Waals surface area contributed by atoms with Crippen LogP contribution >= 0.6 is 12.4 Å². The fraction of sp³-hybridized carbons (Fsp3) is 0.400. The second-order valence-corrected chi connectivity index (χ2v) is 2.93. The number of ether oxygens (including phenoxy) is 1. The van der Waals surface area contributed by atoms with Crippen LogP contribution < -0.4 is 10.5 Å². The molecule has 3 heteroatoms. The highest BCUT2D eigenvalue weighted by Gasteiger charge is 1.97. The fourth-order valence-electron chi connectivity index (χ4n) is 1.07. The first-order valence-corrected chi connectivity index (χ1v) is 3.90. The summed E-state index contributed by atoms with van der Waals surface area (Å²) in [7, 11) is -2.39. The molecule has 0 bridgehead atoms. The predicted molar refractivity (Wildman–Crippen MR) is 57.6 cm³/mol. The molecule has 0 spiro atoms. The van der Waals surface area contributed by atoms with E-state index in [1.54, 1.807) is 12.1 Å². The van der Waals surface area contributed by atoms with Gasteiger partial charge in [-0.2, -0.15) is 0 Å². The normalized spacial score (nSPS) is 16.0. The molecule has 74 valence electrons. The van der Waals surface area contributed by atoms with Crippen LogP contribution in [0, 0.1) is 0 Å². The summed E-state index contributed by atoms with van der Waals surface area (Å²) in [6.07, 6.45) is 0.772. The lowest BCUT2D eigenvalue weighted by Crippen LogP contribution is -2.17. The second kappa shape index (κ2) is 5.84. The van der Waals surface area contributed by atoms with E-state index in [1.165, 1.54) is 0 Å². The van der Waals surface area contributed by atoms with E-state index in [0.717, 1.165) is 12.0 Å². The van der Waals surface area contributed by atoms with Crippen molar-refractivity contribution in [1.29, 1.82) is 0 Å². The summed E-state index contributed by atoms with van der Waals surface area (Å²) in [5.74, 6) is 0.350. The van der Waals surface area contributed by atoms with Crippen molar-refractivity contribution in [2.45, 2.75) is 19.4 Å². The zero-order valence-corrected chi connectivity index (χ0v) is 8.30. The maximum absolute atomic E-state index is 6.93. The van der Waals surface area contributed by atoms with Gasteiger partial charge in [-0.05, 0) is 31.0 Å². The van der Waals surface area contributed by atoms with Crippen molar-refractivity contribution in [3.8, 4) is 5.75 Å². The highest BCUT2D eigenvalue weighted by Crippen LogP contribution is 2.11. The van der Waals surface area contributed by atoms with Crippen LogP contribution in [0.3, 0.4) is 0 Å². The Morgan fingerprint density at radius 2 is 2.08 bits per heavy atom. The molecule has 2 nitrogen and oxygen atoms in total. The van der Waals surface area contributed by atoms with E-state index >= 15 is 0 Å². The third-order valence-electron chi connectivity index (χ3n) is 1.60. The number of benzene rings is 1. The molecular formula is C10H16ClNO. The zero-order chi connectivity index (χ0) is 11.5. The number of halogens is 1. The molecule has 0 aliphatic heterocycles. The van der Waals surface area contributed by atoms with Crippen molar-refractivity contribution in [3.63, 3.8) is 0 Å². The average Bonchev–Trinajstić information content (AvgIpc) is 2.05. The molecule has 0 fully saturated rings. The first-order valence-electron chi connectivity index (χ1n) is 5.40. The summed E-state index contributed by atoms with van der Waals surface area (Å²) in [4.78, 5) is 0. The van der Waals surface area contributed by atoms with E-state index in [-0.39, 0.29) is 18.4 Å². The maximum atomic E-state index is 6.93. The van der Waals surface area contributed by atoms with Gasteiger partial charge in [-0.1, -0.05) is 12.1 Å². The topological polar surface area (TPSA) is 35.2 Å². The minimum Gasteiger partial charge on any atom is -0.497 e. The molecule has 13 heavy (non-hydrogen) atoms. The summed E-state index contributed by atoms with van der Waals surface area (Å²) in [5.41, 5.74) is 6.72. The summed E-state index contributed by atoms with van der Waals surface area (Å²) >= 11 is 0. The molecule has 0 aromatic heterocycles. The van der Waals surface area contributed by atoms with Crippen LogP contribution in [0.15, 0.2) is 24.3 Å². The fourth-order valence-corrected chi connectivity index (χ4v) is 1.07. The van der Waals surface area contributed by atoms with Gasteiger partial charge < -0.3 is 10.5 Å². The van der Waals surface area contributed by atoms with Crippen molar-refractivity contribution >= 4 is 12.4 Å². The number of hydrogen-bond acceptors (Lipinski definition) is 2. The standard InChI is InChI=1S/C10H15NO.ClH/c1-8(11)7-9-3-5-10(12-2)6-4-9;/h3-6,8H,7,11H2,1-2H3;1H/i2D3;. The van der Waals surface area contributed by atoms with Gasteiger partial charge >= 0.3 is 0 Å². The lowest BCUT2D eigenvalue weighted by Gasteiger charge is -2.05. The Kier molecular flexibility index (Phi) is 3.44. The van der Waals surface area contributed by atoms with Gasteiger partial charge in [-0.25, -0.2) is 0 Å². The van der Waals surface area contributed by atoms with Crippen LogP contribution in [0.2, 0.25) is 0 Å². The van der Waals surface area contributed by atoms with E-state index in [2.05, 4.69) is 0 Å². The molecule has 2 N–H and O–H groups in total. The molecular weight excluding hydrogens is 186 g/mol. The van der Waals surface area contributed by atoms with Gasteiger partial charge in [0.2, 0.25) is 0 Å². The Bertz CT molecular complexity index is 311. The van der Waals surface area contributed by atoms with Gasteiger partial charge in [0.15, 0.2) is 0 Å². The highest BCUT2D eigenvalue weighted by molar-refractivity contribution is 5.85. The molecule has 1 aromatic rings. The van der Waals surface area contributed by atoms with Crippen LogP contribution in [0.4, 0.5) is 0 Å². The lowest BCUT2D eigenvalue weighted by molar-refractivity contribution is 0.414. The second-order valence-electron chi connectivity index (χ2n) is 2.93. The Balaban J connectivity index is 0.00000225. The van der Waals surface area contributed by atoms with Crippen LogP contribution in [-0.4, -0.2) is 13.1 Å². The summed E-state index contributed by atoms with van der Waals surface area (Å²) in [6.45, 7) is 1.92. The lowest BCUT2D eigenvalue weighted by atomic mass is 10.1. The summed E-state index contributed by atoms with van der Waals surface area (Å²) < 4.78 is 25.5. The number of hydrogen-bond donors (Lipinski definition) is 1. The number of nitrogens with two attached hydrogens (primary N) is 1. The Labute approximate surface area is 89.7 Å². The highest BCUT2D eigenvalue weighted by atomic mass is 35.5. The van der Waals surface area contributed by atoms with E-state index in [0.29, 0.717) is 5.75 Å². The van der Waals surface area contributed by atoms with Gasteiger partial charge in [0, 0.05) is 6.04 Å². The van der Waals surface area contributed by atoms with Crippen molar-refractivity contribution in [2.75, 3.05) is 7.04 Å². The minimum atomic E-state index is -2.39. The molecule has 0 amide bonds. The summed E-state index contributed by atoms with van der Waals surface area (Å²) in [6, 6.07) is 7.03. The van der Waals surface area contributed by atoms with Gasteiger partial charge in [-0.15, -0.1) is 12.4 Å². The van der Waals surface area contributed by atoms with Gasteiger partial charge in [-0.3, -0.25) is 0 Å². The van der Waals surface area contributed by atoms with E-state index in [4.69, 9.17) is 14.6 Å². The summed E-state index contributed by atoms with van der Waals surface area (Å²) in [5, 5.41) is 0. The molecule has 0 heterocycles. The van der Waals surface area contributed by atoms with Crippen molar-refractivity contribution < 1.29 is 8.85 Å². The van der Waals surface area contributed by atoms with Crippen molar-refractivity contribution in [3.05, 3.63) is 29.8 Å². The molecule has 0 aliphatic rings. The molecule has 1 aromatic carbocycles. The van der Waals surface area contributed by atoms with E-state index in [1.807, 2.05) is 19.1 Å². The number of rotatable bonds is 3. The maximum Gasteiger partial charge on any atom is 0.118 e. The molecule has 0 aliphatic carbocycles. The molecule has 1 atom stereocenters. The quantitative estimate of drug-likeness (QED) is 0.818. The third kappa shape index (κ3) is 4.15. The van der Waals surface area contributed by atoms with E-state index in [9.17, 15) is 0 Å². The largest absolute Gasteiger partial charge is 0.497 e. The third-order valence-corrected chi connectivity index (χ3v) is 1.60. The van der Waals surface area contributed by atoms with Gasteiger partial charge in [0.25, 0.3) is 0 Å². The van der Waals surface area contributed by atoms with Crippen LogP contribution in [0.1, 0.15) is 16.6 Å². The smallest absolute Gasteiger partial charge is 0.118 e. The predicted octanol–water partition coefficient (Wildman–Crippen LogP) is 2.01. The van der Waals surface area contributed by atoms with Gasteiger partial charge in [0.1, 0.15) is 5.75 Å². The monoisotopic (exact) mass is 204 g/mol. The van der Waals surface area contributed by atoms with E-state index < -0.39 is 7.04 Å². The molecule has 0 saturated heterocycles. The average molecular weight is 205 g/mol. The molecule has 1 unspecified atom stereocenters. The van der Waals surface area contributed by atoms with Crippen LogP contribution in [0.25, 0.3) is 0 Å². The number of methoxy groups -OCH3 is 1. The minimum absolute atomic E-state index is 0. The Morgan fingerprint density at radius 1 is 1.46 bits per heavy atom. The first kappa shape index (κ1) is 7.65. The Morgan fingerprint density at radius 3 is 2.54 bits per heavy atom. The zero-order valence-electron chi connectivity index (χ0n) is 10.5. The van der Waals surface area contributed by atoms with Gasteiger partial charge in [0.05, 0.1) is 11.2 Å². The SMILES string of the molecule is Cl.[2H]C([2H])([2H])Oc1ccc(CC(C)N)cc1. The molecule has 1 rings (SSSR count). The van der Waals surface area contributed by atoms with Crippen LogP contribution in [-0.2, 0) is 6.42 Å².